The van der Waals surface area contributed by atoms with E-state index in [1.165, 1.54) is 17.7 Å². The van der Waals surface area contributed by atoms with Crippen molar-refractivity contribution >= 4 is 0 Å². The summed E-state index contributed by atoms with van der Waals surface area (Å²) in [7, 11) is 1.69. The second-order valence-corrected chi connectivity index (χ2v) is 8.11. The third kappa shape index (κ3) is 3.62. The Balaban J connectivity index is 2.10. The zero-order chi connectivity index (χ0) is 21.3. The van der Waals surface area contributed by atoms with Gasteiger partial charge in [-0.15, -0.1) is 0 Å². The van der Waals surface area contributed by atoms with Crippen LogP contribution < -0.4 is 0 Å². The Bertz CT molecular complexity index is 1130. The number of nitrogens with zero attached hydrogens (tertiary/aromatic N) is 2. The Morgan fingerprint density at radius 3 is 2.57 bits per heavy atom. The van der Waals surface area contributed by atoms with Crippen LogP contribution >= 0.6 is 0 Å². The van der Waals surface area contributed by atoms with Crippen molar-refractivity contribution in [2.24, 2.45) is 0 Å². The third-order valence-corrected chi connectivity index (χ3v) is 5.77. The van der Waals surface area contributed by atoms with Crippen molar-refractivity contribution in [1.82, 2.24) is 4.98 Å². The molecule has 0 bridgehead atoms. The first-order valence-electron chi connectivity index (χ1n) is 10.4. The van der Waals surface area contributed by atoms with Gasteiger partial charge in [0.25, 0.3) is 0 Å². The van der Waals surface area contributed by atoms with E-state index in [1.54, 1.807) is 7.11 Å². The zero-order valence-corrected chi connectivity index (χ0v) is 17.6. The van der Waals surface area contributed by atoms with Gasteiger partial charge in [0.05, 0.1) is 23.9 Å². The van der Waals surface area contributed by atoms with E-state index in [1.807, 2.05) is 24.3 Å². The summed E-state index contributed by atoms with van der Waals surface area (Å²) < 4.78 is 19.3. The van der Waals surface area contributed by atoms with Crippen molar-refractivity contribution in [1.29, 1.82) is 5.26 Å². The number of nitriles is 1. The molecule has 0 aliphatic heterocycles. The molecule has 1 aliphatic carbocycles. The molecule has 0 atom stereocenters. The second kappa shape index (κ2) is 8.38. The van der Waals surface area contributed by atoms with Crippen LogP contribution in [0.3, 0.4) is 0 Å². The molecule has 4 rings (SSSR count). The Morgan fingerprint density at radius 1 is 1.13 bits per heavy atom. The minimum atomic E-state index is -0.250. The number of halogens is 1. The van der Waals surface area contributed by atoms with Crippen LogP contribution in [0.5, 0.6) is 0 Å². The van der Waals surface area contributed by atoms with Gasteiger partial charge in [0.1, 0.15) is 5.82 Å². The number of fused-ring (bicyclic) bond motifs is 3. The molecule has 0 unspecified atom stereocenters. The molecule has 0 radical (unpaired) electrons. The third-order valence-electron chi connectivity index (χ3n) is 5.77. The molecule has 0 spiro atoms. The van der Waals surface area contributed by atoms with Gasteiger partial charge in [-0.25, -0.2) is 4.39 Å². The van der Waals surface area contributed by atoms with E-state index in [0.717, 1.165) is 58.5 Å². The van der Waals surface area contributed by atoms with Crippen molar-refractivity contribution in [3.05, 3.63) is 76.2 Å². The number of rotatable bonds is 4. The van der Waals surface area contributed by atoms with Crippen LogP contribution in [0.4, 0.5) is 4.39 Å². The SMILES string of the molecule is COCc1c(C(C)C)nc2c(c1-c1ccc(F)cc1)CCCc1ccc(C#N)cc1-2. The average Bonchev–Trinajstić information content (AvgIpc) is 2.92. The van der Waals surface area contributed by atoms with E-state index in [9.17, 15) is 9.65 Å². The van der Waals surface area contributed by atoms with E-state index >= 15 is 0 Å². The number of aryl methyl sites for hydroxylation is 1. The second-order valence-electron chi connectivity index (χ2n) is 8.11. The van der Waals surface area contributed by atoms with Gasteiger partial charge in [-0.2, -0.15) is 5.26 Å². The Kier molecular flexibility index (Phi) is 5.65. The fourth-order valence-electron chi connectivity index (χ4n) is 4.42. The van der Waals surface area contributed by atoms with Crippen molar-refractivity contribution in [2.75, 3.05) is 7.11 Å². The van der Waals surface area contributed by atoms with Crippen LogP contribution in [0.15, 0.2) is 42.5 Å². The number of hydrogen-bond acceptors (Lipinski definition) is 3. The summed E-state index contributed by atoms with van der Waals surface area (Å²) in [6.45, 7) is 4.71. The molecule has 30 heavy (non-hydrogen) atoms. The molecule has 0 amide bonds. The van der Waals surface area contributed by atoms with E-state index in [-0.39, 0.29) is 11.7 Å². The highest BCUT2D eigenvalue weighted by atomic mass is 19.1. The summed E-state index contributed by atoms with van der Waals surface area (Å²) in [5.74, 6) is -0.0502. The van der Waals surface area contributed by atoms with Crippen LogP contribution in [0.2, 0.25) is 0 Å². The molecular formula is C26H25FN2O. The Morgan fingerprint density at radius 2 is 1.90 bits per heavy atom. The Hall–Kier alpha value is -3.03. The van der Waals surface area contributed by atoms with Crippen molar-refractivity contribution in [3.63, 3.8) is 0 Å². The molecule has 0 N–H and O–H groups in total. The first-order valence-corrected chi connectivity index (χ1v) is 10.4. The molecule has 1 aromatic heterocycles. The van der Waals surface area contributed by atoms with Crippen molar-refractivity contribution < 1.29 is 9.13 Å². The van der Waals surface area contributed by atoms with Crippen LogP contribution in [-0.2, 0) is 24.2 Å². The largest absolute Gasteiger partial charge is 0.380 e. The molecule has 0 saturated heterocycles. The topological polar surface area (TPSA) is 45.9 Å². The lowest BCUT2D eigenvalue weighted by Gasteiger charge is -2.23. The predicted molar refractivity (Wildman–Crippen MR) is 117 cm³/mol. The highest BCUT2D eigenvalue weighted by Crippen LogP contribution is 2.41. The summed E-state index contributed by atoms with van der Waals surface area (Å²) >= 11 is 0. The molecule has 4 heteroatoms. The monoisotopic (exact) mass is 400 g/mol. The van der Waals surface area contributed by atoms with Crippen LogP contribution in [-0.4, -0.2) is 12.1 Å². The van der Waals surface area contributed by atoms with E-state index in [4.69, 9.17) is 9.72 Å². The molecule has 1 aliphatic rings. The molecule has 1 heterocycles. The highest BCUT2D eigenvalue weighted by molar-refractivity contribution is 5.81. The van der Waals surface area contributed by atoms with E-state index < -0.39 is 0 Å². The lowest BCUT2D eigenvalue weighted by molar-refractivity contribution is 0.184. The Labute approximate surface area is 177 Å². The van der Waals surface area contributed by atoms with Gasteiger partial charge in [0, 0.05) is 23.9 Å². The molecule has 3 aromatic rings. The fourth-order valence-corrected chi connectivity index (χ4v) is 4.42. The number of ether oxygens (including phenoxy) is 1. The normalized spacial score (nSPS) is 12.8. The summed E-state index contributed by atoms with van der Waals surface area (Å²) in [5, 5.41) is 9.45. The summed E-state index contributed by atoms with van der Waals surface area (Å²) in [5.41, 5.74) is 9.14. The average molecular weight is 400 g/mol. The maximum atomic E-state index is 13.7. The highest BCUT2D eigenvalue weighted by Gasteiger charge is 2.26. The maximum absolute atomic E-state index is 13.7. The molecular weight excluding hydrogens is 375 g/mol. The van der Waals surface area contributed by atoms with E-state index in [0.29, 0.717) is 12.2 Å². The lowest BCUT2D eigenvalue weighted by atomic mass is 9.87. The number of aromatic nitrogens is 1. The standard InChI is InChI=1S/C26H25FN2O/c1-16(2)25-23(15-30-3)24(19-9-11-20(27)12-10-19)21-6-4-5-18-8-7-17(14-28)13-22(18)26(21)29-25/h7-13,16H,4-6,15H2,1-3H3. The number of methoxy groups -OCH3 is 1. The van der Waals surface area contributed by atoms with Gasteiger partial charge in [0.2, 0.25) is 0 Å². The van der Waals surface area contributed by atoms with Crippen molar-refractivity contribution in [2.45, 2.75) is 45.6 Å². The smallest absolute Gasteiger partial charge is 0.123 e. The van der Waals surface area contributed by atoms with Crippen LogP contribution in [0, 0.1) is 17.1 Å². The summed E-state index contributed by atoms with van der Waals surface area (Å²) in [6, 6.07) is 14.8. The maximum Gasteiger partial charge on any atom is 0.123 e. The lowest BCUT2D eigenvalue weighted by Crippen LogP contribution is -2.10. The number of pyridine rings is 1. The minimum Gasteiger partial charge on any atom is -0.380 e. The quantitative estimate of drug-likeness (QED) is 0.525. The first kappa shape index (κ1) is 20.3. The zero-order valence-electron chi connectivity index (χ0n) is 17.6. The van der Waals surface area contributed by atoms with Gasteiger partial charge >= 0.3 is 0 Å². The number of benzene rings is 2. The van der Waals surface area contributed by atoms with Crippen LogP contribution in [0.25, 0.3) is 22.4 Å². The molecule has 2 aromatic carbocycles. The summed E-state index contributed by atoms with van der Waals surface area (Å²) in [4.78, 5) is 5.15. The summed E-state index contributed by atoms with van der Waals surface area (Å²) in [6.07, 6.45) is 2.81. The molecule has 0 fully saturated rings. The predicted octanol–water partition coefficient (Wildman–Crippen LogP) is 6.18. The van der Waals surface area contributed by atoms with Gasteiger partial charge in [0.15, 0.2) is 0 Å². The van der Waals surface area contributed by atoms with E-state index in [2.05, 4.69) is 26.0 Å². The molecule has 3 nitrogen and oxygen atoms in total. The van der Waals surface area contributed by atoms with Gasteiger partial charge in [-0.05, 0) is 71.7 Å². The van der Waals surface area contributed by atoms with Crippen LogP contribution in [0.1, 0.15) is 54.1 Å². The first-order chi connectivity index (χ1) is 14.5. The minimum absolute atomic E-state index is 0.200. The van der Waals surface area contributed by atoms with Crippen molar-refractivity contribution in [3.8, 4) is 28.5 Å². The van der Waals surface area contributed by atoms with Gasteiger partial charge < -0.3 is 4.74 Å². The fraction of sp³-hybridized carbons (Fsp3) is 0.308. The molecule has 0 saturated carbocycles. The molecule has 152 valence electrons. The number of hydrogen-bond donors (Lipinski definition) is 0. The van der Waals surface area contributed by atoms with Gasteiger partial charge in [-0.1, -0.05) is 32.0 Å². The van der Waals surface area contributed by atoms with Gasteiger partial charge in [-0.3, -0.25) is 4.98 Å².